The summed E-state index contributed by atoms with van der Waals surface area (Å²) in [5.41, 5.74) is 2.32. The topological polar surface area (TPSA) is 99.4 Å². The molecule has 9 nitrogen and oxygen atoms in total. The summed E-state index contributed by atoms with van der Waals surface area (Å²) in [5, 5.41) is 4.56. The minimum absolute atomic E-state index is 0.0362. The van der Waals surface area contributed by atoms with Crippen molar-refractivity contribution in [3.05, 3.63) is 83.8 Å². The fourth-order valence-corrected chi connectivity index (χ4v) is 6.21. The summed E-state index contributed by atoms with van der Waals surface area (Å²) < 4.78 is 60.4. The number of aromatic nitrogens is 2. The highest BCUT2D eigenvalue weighted by atomic mass is 32.2. The molecule has 0 amide bonds. The molecule has 0 aliphatic carbocycles. The predicted octanol–water partition coefficient (Wildman–Crippen LogP) is 6.29. The maximum atomic E-state index is 13.7. The first-order chi connectivity index (χ1) is 20.1. The monoisotopic (exact) mass is 627 g/mol. The van der Waals surface area contributed by atoms with Crippen molar-refractivity contribution in [2.75, 3.05) is 30.8 Å². The van der Waals surface area contributed by atoms with E-state index < -0.39 is 30.1 Å². The van der Waals surface area contributed by atoms with E-state index in [0.29, 0.717) is 11.1 Å². The molecule has 4 rings (SSSR count). The van der Waals surface area contributed by atoms with E-state index in [2.05, 4.69) is 39.0 Å². The summed E-state index contributed by atoms with van der Waals surface area (Å²) in [4.78, 5) is 13.0. The van der Waals surface area contributed by atoms with E-state index >= 15 is 0 Å². The molecule has 12 heteroatoms. The molecule has 0 aliphatic heterocycles. The first-order valence-electron chi connectivity index (χ1n) is 13.8. The number of hydrogen-bond donors (Lipinski definition) is 0. The lowest BCUT2D eigenvalue weighted by Gasteiger charge is -2.36. The molecule has 2 heterocycles. The lowest BCUT2D eigenvalue weighted by Crippen LogP contribution is -2.43. The molecule has 0 fully saturated rings. The molecule has 0 saturated carbocycles. The molecule has 4 aromatic rings. The molecule has 43 heavy (non-hydrogen) atoms. The van der Waals surface area contributed by atoms with Crippen LogP contribution < -0.4 is 9.04 Å². The lowest BCUT2D eigenvalue weighted by atomic mass is 10.1. The minimum atomic E-state index is -3.81. The summed E-state index contributed by atoms with van der Waals surface area (Å²) in [6.45, 7) is 10.9. The molecule has 0 radical (unpaired) electrons. The number of ether oxygens (including phenoxy) is 2. The van der Waals surface area contributed by atoms with Gasteiger partial charge in [0.05, 0.1) is 38.2 Å². The van der Waals surface area contributed by atoms with Crippen LogP contribution in [0.5, 0.6) is 5.75 Å². The van der Waals surface area contributed by atoms with Gasteiger partial charge in [0, 0.05) is 11.6 Å². The largest absolute Gasteiger partial charge is 0.487 e. The minimum Gasteiger partial charge on any atom is -0.487 e. The van der Waals surface area contributed by atoms with Gasteiger partial charge in [0.25, 0.3) is 0 Å². The van der Waals surface area contributed by atoms with Crippen LogP contribution in [-0.4, -0.2) is 58.8 Å². The van der Waals surface area contributed by atoms with Crippen molar-refractivity contribution in [1.82, 2.24) is 9.61 Å². The first kappa shape index (κ1) is 32.2. The second kappa shape index (κ2) is 12.5. The van der Waals surface area contributed by atoms with Gasteiger partial charge < -0.3 is 13.9 Å². The van der Waals surface area contributed by atoms with Gasteiger partial charge in [-0.3, -0.25) is 4.31 Å². The number of halogens is 1. The van der Waals surface area contributed by atoms with Crippen molar-refractivity contribution >= 4 is 35.5 Å². The van der Waals surface area contributed by atoms with Crippen LogP contribution >= 0.6 is 0 Å². The third-order valence-electron chi connectivity index (χ3n) is 7.69. The fraction of sp³-hybridized carbons (Fsp3) is 0.355. The second-order valence-electron chi connectivity index (χ2n) is 11.8. The van der Waals surface area contributed by atoms with Crippen LogP contribution in [0.15, 0.2) is 66.9 Å². The molecule has 0 spiro atoms. The molecular formula is C31H38FN3O6SSi. The Morgan fingerprint density at radius 3 is 2.30 bits per heavy atom. The van der Waals surface area contributed by atoms with Crippen LogP contribution in [0, 0.1) is 5.82 Å². The Balaban J connectivity index is 1.87. The summed E-state index contributed by atoms with van der Waals surface area (Å²) in [5.74, 6) is -0.863. The molecule has 0 bridgehead atoms. The Hall–Kier alpha value is -3.74. The fourth-order valence-electron chi connectivity index (χ4n) is 4.28. The number of nitrogens with zero attached hydrogens (tertiary/aromatic N) is 3. The zero-order chi connectivity index (χ0) is 31.6. The highest BCUT2D eigenvalue weighted by molar-refractivity contribution is 7.92. The zero-order valence-electron chi connectivity index (χ0n) is 25.5. The van der Waals surface area contributed by atoms with Gasteiger partial charge in [0.15, 0.2) is 8.32 Å². The summed E-state index contributed by atoms with van der Waals surface area (Å²) in [6, 6.07) is 16.6. The maximum Gasteiger partial charge on any atom is 0.342 e. The van der Waals surface area contributed by atoms with Crippen LogP contribution in [0.25, 0.3) is 16.8 Å². The summed E-state index contributed by atoms with van der Waals surface area (Å²) in [7, 11) is -4.71. The van der Waals surface area contributed by atoms with Crippen molar-refractivity contribution in [2.45, 2.75) is 45.5 Å². The van der Waals surface area contributed by atoms with E-state index in [1.54, 1.807) is 6.07 Å². The second-order valence-corrected chi connectivity index (χ2v) is 18.5. The smallest absolute Gasteiger partial charge is 0.342 e. The van der Waals surface area contributed by atoms with E-state index in [4.69, 9.17) is 13.9 Å². The predicted molar refractivity (Wildman–Crippen MR) is 168 cm³/mol. The van der Waals surface area contributed by atoms with E-state index in [1.165, 1.54) is 46.4 Å². The first-order valence-corrected chi connectivity index (χ1v) is 18.6. The third-order valence-corrected chi connectivity index (χ3v) is 13.4. The molecule has 0 atom stereocenters. The number of rotatable bonds is 11. The Bertz CT molecular complexity index is 1700. The van der Waals surface area contributed by atoms with Gasteiger partial charge in [-0.1, -0.05) is 51.1 Å². The van der Waals surface area contributed by atoms with Crippen molar-refractivity contribution in [3.8, 4) is 17.0 Å². The number of esters is 1. The maximum absolute atomic E-state index is 13.7. The normalized spacial score (nSPS) is 12.4. The van der Waals surface area contributed by atoms with Gasteiger partial charge in [-0.2, -0.15) is 5.10 Å². The van der Waals surface area contributed by atoms with E-state index in [0.717, 1.165) is 11.8 Å². The van der Waals surface area contributed by atoms with E-state index in [-0.39, 0.29) is 47.5 Å². The van der Waals surface area contributed by atoms with Crippen molar-refractivity contribution in [3.63, 3.8) is 0 Å². The molecule has 0 saturated heterocycles. The van der Waals surface area contributed by atoms with Gasteiger partial charge in [0.1, 0.15) is 35.1 Å². The van der Waals surface area contributed by atoms with Gasteiger partial charge in [-0.05, 0) is 48.0 Å². The Kier molecular flexibility index (Phi) is 9.33. The van der Waals surface area contributed by atoms with Crippen LogP contribution in [0.3, 0.4) is 0 Å². The van der Waals surface area contributed by atoms with Crippen LogP contribution in [-0.2, 0) is 25.8 Å². The standard InChI is InChI=1S/C31H38FN3O6SSi/c1-31(2,3)43(6,7)41-18-17-35(42(5,37)38)26-20-34-25(19-27(26)40-21-22-11-9-8-10-12-22)28(30(36)39-4)29(33-34)23-13-15-24(32)16-14-23/h8-16,19-20H,17-18,21H2,1-7H3. The zero-order valence-corrected chi connectivity index (χ0v) is 27.4. The molecule has 230 valence electrons. The van der Waals surface area contributed by atoms with Gasteiger partial charge in [0.2, 0.25) is 10.0 Å². The quantitative estimate of drug-likeness (QED) is 0.142. The average molecular weight is 628 g/mol. The van der Waals surface area contributed by atoms with E-state index in [9.17, 15) is 17.6 Å². The summed E-state index contributed by atoms with van der Waals surface area (Å²) >= 11 is 0. The third kappa shape index (κ3) is 7.26. The van der Waals surface area contributed by atoms with E-state index in [1.807, 2.05) is 30.3 Å². The number of anilines is 1. The van der Waals surface area contributed by atoms with Crippen molar-refractivity contribution < 1.29 is 31.5 Å². The number of carbonyl (C=O) groups excluding carboxylic acids is 1. The number of sulfonamides is 1. The van der Waals surface area contributed by atoms with Crippen LogP contribution in [0.4, 0.5) is 10.1 Å². The Morgan fingerprint density at radius 2 is 1.72 bits per heavy atom. The lowest BCUT2D eigenvalue weighted by molar-refractivity contribution is 0.0603. The number of benzene rings is 2. The SMILES string of the molecule is COC(=O)c1c(-c2ccc(F)cc2)nn2cc(N(CCO[Si](C)(C)C(C)(C)C)S(C)(=O)=O)c(OCc3ccccc3)cc12. The Morgan fingerprint density at radius 1 is 1.07 bits per heavy atom. The van der Waals surface area contributed by atoms with Gasteiger partial charge >= 0.3 is 5.97 Å². The number of hydrogen-bond acceptors (Lipinski definition) is 7. The molecule has 2 aromatic carbocycles. The van der Waals surface area contributed by atoms with Crippen molar-refractivity contribution in [1.29, 1.82) is 0 Å². The highest BCUT2D eigenvalue weighted by Crippen LogP contribution is 2.38. The molecular weight excluding hydrogens is 590 g/mol. The summed E-state index contributed by atoms with van der Waals surface area (Å²) in [6.07, 6.45) is 2.64. The molecule has 0 aliphatic rings. The highest BCUT2D eigenvalue weighted by Gasteiger charge is 2.37. The Labute approximate surface area is 253 Å². The number of fused-ring (bicyclic) bond motifs is 1. The number of pyridine rings is 1. The van der Waals surface area contributed by atoms with Gasteiger partial charge in [-0.25, -0.2) is 22.1 Å². The molecule has 0 N–H and O–H groups in total. The number of carbonyl (C=O) groups is 1. The van der Waals surface area contributed by atoms with Crippen molar-refractivity contribution in [2.24, 2.45) is 0 Å². The van der Waals surface area contributed by atoms with Crippen LogP contribution in [0.2, 0.25) is 18.1 Å². The number of methoxy groups -OCH3 is 1. The van der Waals surface area contributed by atoms with Gasteiger partial charge in [-0.15, -0.1) is 0 Å². The van der Waals surface area contributed by atoms with Crippen LogP contribution in [0.1, 0.15) is 36.7 Å². The average Bonchev–Trinajstić information content (AvgIpc) is 3.31. The molecule has 0 unspecified atom stereocenters. The molecule has 2 aromatic heterocycles.